The second-order valence-corrected chi connectivity index (χ2v) is 5.75. The van der Waals surface area contributed by atoms with Gasteiger partial charge in [-0.15, -0.1) is 0 Å². The lowest BCUT2D eigenvalue weighted by Crippen LogP contribution is -2.35. The zero-order valence-electron chi connectivity index (χ0n) is 12.8. The van der Waals surface area contributed by atoms with E-state index in [0.717, 1.165) is 41.7 Å². The van der Waals surface area contributed by atoms with Crippen molar-refractivity contribution in [3.63, 3.8) is 0 Å². The summed E-state index contributed by atoms with van der Waals surface area (Å²) in [5.41, 5.74) is 3.05. The number of carbonyl (C=O) groups is 2. The van der Waals surface area contributed by atoms with E-state index in [2.05, 4.69) is 4.98 Å². The first-order valence-corrected chi connectivity index (χ1v) is 7.88. The Kier molecular flexibility index (Phi) is 4.46. The zero-order valence-corrected chi connectivity index (χ0v) is 12.8. The van der Waals surface area contributed by atoms with Crippen molar-refractivity contribution < 1.29 is 14.3 Å². The van der Waals surface area contributed by atoms with Crippen molar-refractivity contribution in [3.05, 3.63) is 64.4 Å². The molecule has 0 atom stereocenters. The molecule has 2 aromatic rings. The molecule has 0 amide bonds. The van der Waals surface area contributed by atoms with Gasteiger partial charge in [0.2, 0.25) is 5.69 Å². The van der Waals surface area contributed by atoms with Crippen LogP contribution in [-0.4, -0.2) is 16.6 Å². The quantitative estimate of drug-likeness (QED) is 0.553. The molecule has 4 rings (SSSR count). The van der Waals surface area contributed by atoms with Gasteiger partial charge in [0.05, 0.1) is 11.3 Å². The molecule has 23 heavy (non-hydrogen) atoms. The summed E-state index contributed by atoms with van der Waals surface area (Å²) in [6.07, 6.45) is 7.92. The van der Waals surface area contributed by atoms with Gasteiger partial charge in [0, 0.05) is 37.1 Å². The van der Waals surface area contributed by atoms with Crippen LogP contribution in [0.1, 0.15) is 57.8 Å². The fourth-order valence-electron chi connectivity index (χ4n) is 3.01. The minimum Gasteiger partial charge on any atom is -0.618 e. The third-order valence-corrected chi connectivity index (χ3v) is 4.19. The molecule has 0 aromatic carbocycles. The Morgan fingerprint density at radius 2 is 1.61 bits per heavy atom. The third kappa shape index (κ3) is 3.28. The van der Waals surface area contributed by atoms with E-state index >= 15 is 0 Å². The number of aromatic nitrogens is 2. The Morgan fingerprint density at radius 1 is 0.913 bits per heavy atom. The van der Waals surface area contributed by atoms with Crippen molar-refractivity contribution in [2.45, 2.75) is 38.5 Å². The number of rotatable bonds is 0. The van der Waals surface area contributed by atoms with Gasteiger partial charge in [-0.3, -0.25) is 14.6 Å². The number of Topliss-reactive ketones (excluding diaryl/α,β-unsaturated/α-hetero) is 2. The summed E-state index contributed by atoms with van der Waals surface area (Å²) in [5.74, 6) is 0.348. The molecule has 5 heteroatoms. The summed E-state index contributed by atoms with van der Waals surface area (Å²) in [6, 6.07) is 7.03. The van der Waals surface area contributed by atoms with Crippen LogP contribution in [0.3, 0.4) is 0 Å². The Hall–Kier alpha value is -2.56. The molecule has 0 saturated heterocycles. The summed E-state index contributed by atoms with van der Waals surface area (Å²) in [4.78, 5) is 26.7. The predicted octanol–water partition coefficient (Wildman–Crippen LogP) is 2.44. The largest absolute Gasteiger partial charge is 0.618 e. The van der Waals surface area contributed by atoms with Crippen molar-refractivity contribution in [2.75, 3.05) is 0 Å². The molecule has 0 fully saturated rings. The summed E-state index contributed by atoms with van der Waals surface area (Å²) in [5, 5.41) is 11.2. The smallest absolute Gasteiger partial charge is 0.203 e. The first-order chi connectivity index (χ1) is 11.2. The summed E-state index contributed by atoms with van der Waals surface area (Å²) >= 11 is 0. The van der Waals surface area contributed by atoms with E-state index in [0.29, 0.717) is 24.1 Å². The summed E-state index contributed by atoms with van der Waals surface area (Å²) < 4.78 is 0.798. The topological polar surface area (TPSA) is 74.0 Å². The van der Waals surface area contributed by atoms with E-state index < -0.39 is 0 Å². The number of ketones is 2. The highest BCUT2D eigenvalue weighted by Crippen LogP contribution is 2.18. The van der Waals surface area contributed by atoms with Gasteiger partial charge in [0.15, 0.2) is 17.8 Å². The predicted molar refractivity (Wildman–Crippen MR) is 84.2 cm³/mol. The zero-order chi connectivity index (χ0) is 16.2. The lowest BCUT2D eigenvalue weighted by Gasteiger charge is -2.12. The highest BCUT2D eigenvalue weighted by Gasteiger charge is 2.22. The molecule has 0 aliphatic heterocycles. The van der Waals surface area contributed by atoms with E-state index in [9.17, 15) is 14.8 Å². The first kappa shape index (κ1) is 15.3. The third-order valence-electron chi connectivity index (χ3n) is 4.19. The van der Waals surface area contributed by atoms with Gasteiger partial charge >= 0.3 is 0 Å². The van der Waals surface area contributed by atoms with E-state index in [4.69, 9.17) is 0 Å². The maximum Gasteiger partial charge on any atom is 0.203 e. The monoisotopic (exact) mass is 310 g/mol. The van der Waals surface area contributed by atoms with Crippen LogP contribution in [0.25, 0.3) is 0 Å². The molecule has 118 valence electrons. The van der Waals surface area contributed by atoms with Crippen molar-refractivity contribution in [1.29, 1.82) is 0 Å². The summed E-state index contributed by atoms with van der Waals surface area (Å²) in [7, 11) is 0. The van der Waals surface area contributed by atoms with Crippen LogP contribution in [0.4, 0.5) is 0 Å². The lowest BCUT2D eigenvalue weighted by atomic mass is 9.95. The number of hydrogen-bond donors (Lipinski definition) is 0. The molecule has 2 aliphatic rings. The Bertz CT molecular complexity index is 756. The molecule has 0 bridgehead atoms. The number of fused-ring (bicyclic) bond motifs is 2. The van der Waals surface area contributed by atoms with Gasteiger partial charge in [-0.05, 0) is 37.5 Å². The molecule has 0 radical (unpaired) electrons. The minimum atomic E-state index is 0.0986. The number of aryl methyl sites for hydroxylation is 1. The van der Waals surface area contributed by atoms with Crippen molar-refractivity contribution in [3.8, 4) is 0 Å². The van der Waals surface area contributed by atoms with Crippen molar-refractivity contribution in [1.82, 2.24) is 4.98 Å². The fraction of sp³-hybridized carbons (Fsp3) is 0.333. The molecule has 2 aromatic heterocycles. The normalized spacial score (nSPS) is 16.0. The molecule has 0 saturated carbocycles. The standard InChI is InChI=1S/C9H9NO2.C9H9NO/c11-9-5-1-4-8-7(9)3-2-6-10(8)12;11-9-5-1-4-8-7(9)3-2-6-10-8/h2-3,6H,1,4-5H2;2-3,6H,1,4-5H2. The molecule has 2 aliphatic carbocycles. The van der Waals surface area contributed by atoms with Crippen LogP contribution < -0.4 is 4.73 Å². The molecule has 5 nitrogen and oxygen atoms in total. The van der Waals surface area contributed by atoms with Crippen LogP contribution in [0, 0.1) is 5.21 Å². The average molecular weight is 310 g/mol. The van der Waals surface area contributed by atoms with E-state index in [-0.39, 0.29) is 11.6 Å². The number of pyridine rings is 2. The number of hydrogen-bond acceptors (Lipinski definition) is 4. The lowest BCUT2D eigenvalue weighted by molar-refractivity contribution is -0.614. The van der Waals surface area contributed by atoms with Gasteiger partial charge in [-0.25, -0.2) is 0 Å². The van der Waals surface area contributed by atoms with Crippen LogP contribution in [0.2, 0.25) is 0 Å². The molecular weight excluding hydrogens is 292 g/mol. The first-order valence-electron chi connectivity index (χ1n) is 7.88. The van der Waals surface area contributed by atoms with E-state index in [1.54, 1.807) is 18.3 Å². The second kappa shape index (κ2) is 6.69. The Labute approximate surface area is 134 Å². The maximum absolute atomic E-state index is 11.3. The maximum atomic E-state index is 11.3. The highest BCUT2D eigenvalue weighted by molar-refractivity contribution is 5.98. The van der Waals surface area contributed by atoms with Gasteiger partial charge in [0.1, 0.15) is 0 Å². The molecule has 0 N–H and O–H groups in total. The minimum absolute atomic E-state index is 0.0986. The van der Waals surface area contributed by atoms with Crippen molar-refractivity contribution >= 4 is 11.6 Å². The SMILES string of the molecule is O=C1CCCc2c1ccc[n+]2[O-].O=C1CCCc2ncccc21. The van der Waals surface area contributed by atoms with Crippen molar-refractivity contribution in [2.24, 2.45) is 0 Å². The summed E-state index contributed by atoms with van der Waals surface area (Å²) in [6.45, 7) is 0. The van der Waals surface area contributed by atoms with Crippen LogP contribution in [-0.2, 0) is 12.8 Å². The molecular formula is C18H18N2O3. The number of nitrogens with zero attached hydrogens (tertiary/aromatic N) is 2. The second-order valence-electron chi connectivity index (χ2n) is 5.75. The van der Waals surface area contributed by atoms with Gasteiger partial charge in [0.25, 0.3) is 0 Å². The Balaban J connectivity index is 0.000000136. The molecule has 2 heterocycles. The number of carbonyl (C=O) groups excluding carboxylic acids is 2. The average Bonchev–Trinajstić information content (AvgIpc) is 2.57. The van der Waals surface area contributed by atoms with Gasteiger partial charge < -0.3 is 5.21 Å². The van der Waals surface area contributed by atoms with E-state index in [1.165, 1.54) is 6.20 Å². The van der Waals surface area contributed by atoms with Crippen LogP contribution in [0.15, 0.2) is 36.7 Å². The molecule has 0 spiro atoms. The van der Waals surface area contributed by atoms with Gasteiger partial charge in [-0.1, -0.05) is 0 Å². The van der Waals surface area contributed by atoms with Crippen LogP contribution >= 0.6 is 0 Å². The molecule has 0 unspecified atom stereocenters. The van der Waals surface area contributed by atoms with Gasteiger partial charge in [-0.2, -0.15) is 4.73 Å². The fourth-order valence-corrected chi connectivity index (χ4v) is 3.01. The van der Waals surface area contributed by atoms with E-state index in [1.807, 2.05) is 12.1 Å². The van der Waals surface area contributed by atoms with Crippen LogP contribution in [0.5, 0.6) is 0 Å². The highest BCUT2D eigenvalue weighted by atomic mass is 16.5. The Morgan fingerprint density at radius 3 is 2.35 bits per heavy atom.